The van der Waals surface area contributed by atoms with Crippen molar-refractivity contribution in [1.29, 1.82) is 0 Å². The average molecular weight is 243 g/mol. The smallest absolute Gasteiger partial charge is 0.164 e. The molecule has 84 valence electrons. The van der Waals surface area contributed by atoms with Crippen LogP contribution in [0.15, 0.2) is 40.3 Å². The number of fused-ring (bicyclic) bond motifs is 1. The van der Waals surface area contributed by atoms with Crippen LogP contribution < -0.4 is 0 Å². The van der Waals surface area contributed by atoms with Crippen LogP contribution in [-0.2, 0) is 0 Å². The van der Waals surface area contributed by atoms with E-state index in [1.54, 1.807) is 19.2 Å². The van der Waals surface area contributed by atoms with Crippen molar-refractivity contribution in [3.8, 4) is 10.8 Å². The molecule has 3 aromatic rings. The molecule has 0 atom stereocenters. The number of hydrogen-bond acceptors (Lipinski definition) is 4. The maximum atomic E-state index is 11.3. The van der Waals surface area contributed by atoms with Crippen molar-refractivity contribution < 1.29 is 9.21 Å². The van der Waals surface area contributed by atoms with Gasteiger partial charge in [0, 0.05) is 22.5 Å². The number of carbonyl (C=O) groups excluding carboxylic acids is 1. The summed E-state index contributed by atoms with van der Waals surface area (Å²) in [6.07, 6.45) is 1.74. The van der Waals surface area contributed by atoms with Gasteiger partial charge in [0.05, 0.1) is 0 Å². The van der Waals surface area contributed by atoms with Gasteiger partial charge in [0.25, 0.3) is 0 Å². The zero-order chi connectivity index (χ0) is 11.8. The van der Waals surface area contributed by atoms with Gasteiger partial charge in [-0.05, 0) is 31.2 Å². The molecule has 17 heavy (non-hydrogen) atoms. The second-order valence-electron chi connectivity index (χ2n) is 3.76. The Balaban J connectivity index is 2.16. The van der Waals surface area contributed by atoms with Gasteiger partial charge in [-0.1, -0.05) is 0 Å². The maximum absolute atomic E-state index is 11.3. The summed E-state index contributed by atoms with van der Waals surface area (Å²) < 4.78 is 5.68. The van der Waals surface area contributed by atoms with E-state index in [0.717, 1.165) is 21.7 Å². The van der Waals surface area contributed by atoms with Crippen LogP contribution in [0.4, 0.5) is 0 Å². The summed E-state index contributed by atoms with van der Waals surface area (Å²) in [5.41, 5.74) is 1.48. The molecular formula is C13H9NO2S. The van der Waals surface area contributed by atoms with E-state index < -0.39 is 0 Å². The van der Waals surface area contributed by atoms with Gasteiger partial charge < -0.3 is 4.42 Å². The normalized spacial score (nSPS) is 10.9. The number of ketones is 1. The molecule has 1 aromatic carbocycles. The average Bonchev–Trinajstić information content (AvgIpc) is 2.96. The molecule has 0 saturated carbocycles. The molecule has 0 unspecified atom stereocenters. The molecule has 2 aromatic heterocycles. The van der Waals surface area contributed by atoms with Crippen molar-refractivity contribution in [2.45, 2.75) is 6.92 Å². The van der Waals surface area contributed by atoms with E-state index in [1.807, 2.05) is 23.6 Å². The lowest BCUT2D eigenvalue weighted by Gasteiger charge is -1.93. The fourth-order valence-corrected chi connectivity index (χ4v) is 2.30. The maximum Gasteiger partial charge on any atom is 0.164 e. The van der Waals surface area contributed by atoms with Crippen molar-refractivity contribution in [2.24, 2.45) is 0 Å². The van der Waals surface area contributed by atoms with Crippen LogP contribution in [0, 0.1) is 0 Å². The zero-order valence-electron chi connectivity index (χ0n) is 9.14. The minimum absolute atomic E-state index is 0.0592. The molecule has 0 saturated heterocycles. The number of thiazole rings is 1. The Bertz CT molecular complexity index is 683. The van der Waals surface area contributed by atoms with Gasteiger partial charge >= 0.3 is 0 Å². The van der Waals surface area contributed by atoms with Crippen LogP contribution >= 0.6 is 11.3 Å². The van der Waals surface area contributed by atoms with Crippen molar-refractivity contribution >= 4 is 28.1 Å². The van der Waals surface area contributed by atoms with Crippen LogP contribution in [0.1, 0.15) is 17.3 Å². The first kappa shape index (κ1) is 10.2. The minimum atomic E-state index is 0.0592. The SMILES string of the molecule is CC(=O)c1ccc2oc(-c3nccs3)cc2c1. The van der Waals surface area contributed by atoms with Gasteiger partial charge in [-0.25, -0.2) is 4.98 Å². The number of aromatic nitrogens is 1. The van der Waals surface area contributed by atoms with Gasteiger partial charge in [0.15, 0.2) is 16.6 Å². The fraction of sp³-hybridized carbons (Fsp3) is 0.0769. The molecule has 4 heteroatoms. The van der Waals surface area contributed by atoms with E-state index in [1.165, 1.54) is 11.3 Å². The Morgan fingerprint density at radius 1 is 1.35 bits per heavy atom. The van der Waals surface area contributed by atoms with Gasteiger partial charge in [-0.3, -0.25) is 4.79 Å². The highest BCUT2D eigenvalue weighted by atomic mass is 32.1. The van der Waals surface area contributed by atoms with E-state index >= 15 is 0 Å². The molecule has 0 aliphatic carbocycles. The lowest BCUT2D eigenvalue weighted by atomic mass is 10.1. The van der Waals surface area contributed by atoms with Crippen LogP contribution in [0.2, 0.25) is 0 Å². The van der Waals surface area contributed by atoms with Gasteiger partial charge in [0.1, 0.15) is 5.58 Å². The van der Waals surface area contributed by atoms with E-state index in [4.69, 9.17) is 4.42 Å². The van der Waals surface area contributed by atoms with Crippen molar-refractivity contribution in [1.82, 2.24) is 4.98 Å². The Morgan fingerprint density at radius 3 is 2.94 bits per heavy atom. The quantitative estimate of drug-likeness (QED) is 0.643. The predicted octanol–water partition coefficient (Wildman–Crippen LogP) is 3.76. The second kappa shape index (κ2) is 3.82. The summed E-state index contributed by atoms with van der Waals surface area (Å²) in [6.45, 7) is 1.56. The number of furan rings is 1. The molecule has 3 nitrogen and oxygen atoms in total. The third-order valence-electron chi connectivity index (χ3n) is 2.57. The molecule has 2 heterocycles. The van der Waals surface area contributed by atoms with E-state index in [9.17, 15) is 4.79 Å². The predicted molar refractivity (Wildman–Crippen MR) is 67.3 cm³/mol. The summed E-state index contributed by atoms with van der Waals surface area (Å²) in [4.78, 5) is 15.5. The molecule has 3 rings (SSSR count). The highest BCUT2D eigenvalue weighted by Crippen LogP contribution is 2.29. The van der Waals surface area contributed by atoms with Gasteiger partial charge in [-0.2, -0.15) is 0 Å². The lowest BCUT2D eigenvalue weighted by molar-refractivity contribution is 0.101. The first-order chi connectivity index (χ1) is 8.24. The summed E-state index contributed by atoms with van der Waals surface area (Å²) in [5.74, 6) is 0.805. The summed E-state index contributed by atoms with van der Waals surface area (Å²) in [6, 6.07) is 7.36. The van der Waals surface area contributed by atoms with E-state index in [2.05, 4.69) is 4.98 Å². The Kier molecular flexibility index (Phi) is 2.30. The largest absolute Gasteiger partial charge is 0.454 e. The van der Waals surface area contributed by atoms with Crippen LogP contribution in [0.25, 0.3) is 21.7 Å². The minimum Gasteiger partial charge on any atom is -0.454 e. The fourth-order valence-electron chi connectivity index (χ4n) is 1.71. The third-order valence-corrected chi connectivity index (χ3v) is 3.35. The first-order valence-corrected chi connectivity index (χ1v) is 6.06. The number of carbonyl (C=O) groups is 1. The zero-order valence-corrected chi connectivity index (χ0v) is 9.95. The first-order valence-electron chi connectivity index (χ1n) is 5.18. The third kappa shape index (κ3) is 1.76. The standard InChI is InChI=1S/C13H9NO2S/c1-8(15)9-2-3-11-10(6-9)7-12(16-11)13-14-4-5-17-13/h2-7H,1H3. The molecule has 0 bridgehead atoms. The molecule has 0 fully saturated rings. The number of rotatable bonds is 2. The number of Topliss-reactive ketones (excluding diaryl/α,β-unsaturated/α-hetero) is 1. The Labute approximate surface area is 102 Å². The molecule has 0 amide bonds. The Hall–Kier alpha value is -1.94. The molecule has 0 N–H and O–H groups in total. The van der Waals surface area contributed by atoms with Crippen LogP contribution in [-0.4, -0.2) is 10.8 Å². The Morgan fingerprint density at radius 2 is 2.24 bits per heavy atom. The summed E-state index contributed by atoms with van der Waals surface area (Å²) in [7, 11) is 0. The van der Waals surface area contributed by atoms with E-state index in [0.29, 0.717) is 5.56 Å². The monoisotopic (exact) mass is 243 g/mol. The number of benzene rings is 1. The number of nitrogens with zero attached hydrogens (tertiary/aromatic N) is 1. The van der Waals surface area contributed by atoms with Crippen molar-refractivity contribution in [2.75, 3.05) is 0 Å². The molecule has 0 spiro atoms. The van der Waals surface area contributed by atoms with Crippen molar-refractivity contribution in [3.63, 3.8) is 0 Å². The topological polar surface area (TPSA) is 43.1 Å². The summed E-state index contributed by atoms with van der Waals surface area (Å²) in [5, 5.41) is 3.69. The van der Waals surface area contributed by atoms with Crippen molar-refractivity contribution in [3.05, 3.63) is 41.4 Å². The highest BCUT2D eigenvalue weighted by molar-refractivity contribution is 7.13. The molecule has 0 aliphatic rings. The van der Waals surface area contributed by atoms with Crippen LogP contribution in [0.5, 0.6) is 0 Å². The van der Waals surface area contributed by atoms with Gasteiger partial charge in [0.2, 0.25) is 0 Å². The van der Waals surface area contributed by atoms with Gasteiger partial charge in [-0.15, -0.1) is 11.3 Å². The molecule has 0 aliphatic heterocycles. The lowest BCUT2D eigenvalue weighted by Crippen LogP contribution is -1.89. The van der Waals surface area contributed by atoms with Crippen LogP contribution in [0.3, 0.4) is 0 Å². The second-order valence-corrected chi connectivity index (χ2v) is 4.65. The number of hydrogen-bond donors (Lipinski definition) is 0. The summed E-state index contributed by atoms with van der Waals surface area (Å²) >= 11 is 1.53. The molecule has 0 radical (unpaired) electrons. The highest BCUT2D eigenvalue weighted by Gasteiger charge is 2.09. The molecular weight excluding hydrogens is 234 g/mol. The van der Waals surface area contributed by atoms with E-state index in [-0.39, 0.29) is 5.78 Å².